The van der Waals surface area contributed by atoms with E-state index in [1.54, 1.807) is 12.1 Å². The molecule has 2 aromatic rings. The van der Waals surface area contributed by atoms with E-state index in [1.165, 1.54) is 13.2 Å². The topological polar surface area (TPSA) is 65.0 Å². The van der Waals surface area contributed by atoms with Crippen molar-refractivity contribution in [1.29, 1.82) is 0 Å². The summed E-state index contributed by atoms with van der Waals surface area (Å²) in [4.78, 5) is 11.2. The second kappa shape index (κ2) is 8.62. The van der Waals surface area contributed by atoms with Gasteiger partial charge in [-0.2, -0.15) is 0 Å². The molecule has 126 valence electrons. The molecule has 0 saturated heterocycles. The minimum absolute atomic E-state index is 0.0860. The molecule has 0 fully saturated rings. The maximum Gasteiger partial charge on any atom is 0.339 e. The summed E-state index contributed by atoms with van der Waals surface area (Å²) < 4.78 is 16.4. The van der Waals surface area contributed by atoms with Gasteiger partial charge in [0, 0.05) is 6.07 Å². The number of methoxy groups -OCH3 is 1. The minimum Gasteiger partial charge on any atom is -0.497 e. The van der Waals surface area contributed by atoms with Crippen LogP contribution in [0.2, 0.25) is 0 Å². The van der Waals surface area contributed by atoms with Crippen LogP contribution < -0.4 is 14.2 Å². The van der Waals surface area contributed by atoms with Crippen LogP contribution in [0.5, 0.6) is 17.2 Å². The fourth-order valence-electron chi connectivity index (χ4n) is 2.20. The number of rotatable bonds is 9. The van der Waals surface area contributed by atoms with E-state index in [1.807, 2.05) is 30.3 Å². The fourth-order valence-corrected chi connectivity index (χ4v) is 2.20. The summed E-state index contributed by atoms with van der Waals surface area (Å²) in [5, 5.41) is 9.20. The van der Waals surface area contributed by atoms with Crippen molar-refractivity contribution in [1.82, 2.24) is 0 Å². The van der Waals surface area contributed by atoms with E-state index in [-0.39, 0.29) is 17.9 Å². The zero-order chi connectivity index (χ0) is 17.4. The molecule has 0 saturated carbocycles. The lowest BCUT2D eigenvalue weighted by atomic mass is 10.1. The monoisotopic (exact) mass is 328 g/mol. The highest BCUT2D eigenvalue weighted by atomic mass is 16.5. The van der Waals surface area contributed by atoms with Crippen molar-refractivity contribution in [3.63, 3.8) is 0 Å². The number of para-hydroxylation sites is 1. The van der Waals surface area contributed by atoms with Gasteiger partial charge in [0.2, 0.25) is 0 Å². The van der Waals surface area contributed by atoms with Crippen molar-refractivity contribution in [3.05, 3.63) is 66.2 Å². The Kier molecular flexibility index (Phi) is 6.25. The average Bonchev–Trinajstić information content (AvgIpc) is 2.60. The molecule has 2 aromatic carbocycles. The van der Waals surface area contributed by atoms with Gasteiger partial charge in [-0.3, -0.25) is 0 Å². The van der Waals surface area contributed by atoms with E-state index in [9.17, 15) is 9.90 Å². The van der Waals surface area contributed by atoms with Gasteiger partial charge in [0.25, 0.3) is 0 Å². The maximum atomic E-state index is 11.2. The van der Waals surface area contributed by atoms with Gasteiger partial charge in [-0.15, -0.1) is 6.58 Å². The highest BCUT2D eigenvalue weighted by molar-refractivity contribution is 5.91. The van der Waals surface area contributed by atoms with Gasteiger partial charge in [0.05, 0.1) is 7.11 Å². The quantitative estimate of drug-likeness (QED) is 0.563. The lowest BCUT2D eigenvalue weighted by Crippen LogP contribution is -2.12. The van der Waals surface area contributed by atoms with Crippen molar-refractivity contribution < 1.29 is 24.1 Å². The van der Waals surface area contributed by atoms with Gasteiger partial charge in [-0.25, -0.2) is 4.79 Å². The minimum atomic E-state index is -1.05. The largest absolute Gasteiger partial charge is 0.497 e. The third kappa shape index (κ3) is 4.52. The molecule has 0 aliphatic heterocycles. The molecule has 0 amide bonds. The lowest BCUT2D eigenvalue weighted by molar-refractivity contribution is 0.0691. The van der Waals surface area contributed by atoms with E-state index in [4.69, 9.17) is 14.2 Å². The molecule has 2 rings (SSSR count). The third-order valence-corrected chi connectivity index (χ3v) is 3.35. The van der Waals surface area contributed by atoms with E-state index in [2.05, 4.69) is 6.58 Å². The van der Waals surface area contributed by atoms with Crippen LogP contribution in [-0.4, -0.2) is 31.4 Å². The molecular weight excluding hydrogens is 308 g/mol. The van der Waals surface area contributed by atoms with Crippen LogP contribution in [0.4, 0.5) is 0 Å². The standard InChI is InChI=1S/C19H20O5/c1-3-6-14-7-4-5-8-17(14)23-11-12-24-18-13-15(22-2)9-10-16(18)19(20)21/h3-5,7-10,13H,1,6,11-12H2,2H3,(H,20,21). The normalized spacial score (nSPS) is 10.0. The van der Waals surface area contributed by atoms with Gasteiger partial charge in [0.1, 0.15) is 36.0 Å². The van der Waals surface area contributed by atoms with Gasteiger partial charge in [-0.05, 0) is 30.2 Å². The van der Waals surface area contributed by atoms with E-state index in [0.717, 1.165) is 17.7 Å². The van der Waals surface area contributed by atoms with Crippen molar-refractivity contribution in [2.45, 2.75) is 6.42 Å². The lowest BCUT2D eigenvalue weighted by Gasteiger charge is -2.13. The average molecular weight is 328 g/mol. The van der Waals surface area contributed by atoms with Crippen LogP contribution in [0.15, 0.2) is 55.1 Å². The summed E-state index contributed by atoms with van der Waals surface area (Å²) >= 11 is 0. The number of benzene rings is 2. The van der Waals surface area contributed by atoms with Crippen LogP contribution in [0, 0.1) is 0 Å². The maximum absolute atomic E-state index is 11.2. The summed E-state index contributed by atoms with van der Waals surface area (Å²) in [5.41, 5.74) is 1.13. The Bertz CT molecular complexity index is 709. The van der Waals surface area contributed by atoms with E-state index in [0.29, 0.717) is 12.4 Å². The molecule has 0 unspecified atom stereocenters. The second-order valence-electron chi connectivity index (χ2n) is 4.96. The number of carbonyl (C=O) groups is 1. The smallest absolute Gasteiger partial charge is 0.339 e. The third-order valence-electron chi connectivity index (χ3n) is 3.35. The Morgan fingerprint density at radius 1 is 1.12 bits per heavy atom. The molecule has 1 N–H and O–H groups in total. The van der Waals surface area contributed by atoms with E-state index < -0.39 is 5.97 Å². The zero-order valence-electron chi connectivity index (χ0n) is 13.5. The molecule has 0 aliphatic rings. The SMILES string of the molecule is C=CCc1ccccc1OCCOc1cc(OC)ccc1C(=O)O. The number of carboxylic acid groups (broad SMARTS) is 1. The van der Waals surface area contributed by atoms with Crippen LogP contribution in [0.25, 0.3) is 0 Å². The summed E-state index contributed by atoms with van der Waals surface area (Å²) in [7, 11) is 1.51. The number of carboxylic acids is 1. The number of ether oxygens (including phenoxy) is 3. The number of hydrogen-bond acceptors (Lipinski definition) is 4. The first-order valence-electron chi connectivity index (χ1n) is 7.51. The molecular formula is C19H20O5. The summed E-state index contributed by atoms with van der Waals surface area (Å²) in [6.07, 6.45) is 2.53. The zero-order valence-corrected chi connectivity index (χ0v) is 13.5. The molecule has 0 bridgehead atoms. The summed E-state index contributed by atoms with van der Waals surface area (Å²) in [5.74, 6) is 0.507. The molecule has 24 heavy (non-hydrogen) atoms. The molecule has 5 heteroatoms. The van der Waals surface area contributed by atoms with Crippen molar-refractivity contribution in [3.8, 4) is 17.2 Å². The van der Waals surface area contributed by atoms with Gasteiger partial charge < -0.3 is 19.3 Å². The highest BCUT2D eigenvalue weighted by Crippen LogP contribution is 2.25. The Morgan fingerprint density at radius 3 is 2.50 bits per heavy atom. The van der Waals surface area contributed by atoms with Gasteiger partial charge in [-0.1, -0.05) is 24.3 Å². The van der Waals surface area contributed by atoms with Crippen LogP contribution in [0.1, 0.15) is 15.9 Å². The first-order valence-corrected chi connectivity index (χ1v) is 7.51. The summed E-state index contributed by atoms with van der Waals surface area (Å²) in [6.45, 7) is 4.24. The Hall–Kier alpha value is -2.95. The molecule has 0 aromatic heterocycles. The molecule has 0 aliphatic carbocycles. The molecule has 0 heterocycles. The van der Waals surface area contributed by atoms with Crippen molar-refractivity contribution in [2.24, 2.45) is 0 Å². The Balaban J connectivity index is 1.97. The second-order valence-corrected chi connectivity index (χ2v) is 4.96. The van der Waals surface area contributed by atoms with E-state index >= 15 is 0 Å². The predicted octanol–water partition coefficient (Wildman–Crippen LogP) is 3.58. The molecule has 0 radical (unpaired) electrons. The Labute approximate surface area is 141 Å². The van der Waals surface area contributed by atoms with Crippen molar-refractivity contribution in [2.75, 3.05) is 20.3 Å². The fraction of sp³-hybridized carbons (Fsp3) is 0.211. The molecule has 0 atom stereocenters. The van der Waals surface area contributed by atoms with Crippen LogP contribution in [0.3, 0.4) is 0 Å². The molecule has 5 nitrogen and oxygen atoms in total. The molecule has 0 spiro atoms. The predicted molar refractivity (Wildman–Crippen MR) is 91.3 cm³/mol. The first-order chi connectivity index (χ1) is 11.7. The number of hydrogen-bond donors (Lipinski definition) is 1. The van der Waals surface area contributed by atoms with Gasteiger partial charge in [0.15, 0.2) is 0 Å². The number of aromatic carboxylic acids is 1. The number of allylic oxidation sites excluding steroid dienone is 1. The summed E-state index contributed by atoms with van der Waals surface area (Å²) in [6, 6.07) is 12.3. The van der Waals surface area contributed by atoms with Crippen molar-refractivity contribution >= 4 is 5.97 Å². The van der Waals surface area contributed by atoms with Gasteiger partial charge >= 0.3 is 5.97 Å². The first kappa shape index (κ1) is 17.4. The Morgan fingerprint density at radius 2 is 1.83 bits per heavy atom. The highest BCUT2D eigenvalue weighted by Gasteiger charge is 2.12. The van der Waals surface area contributed by atoms with Crippen LogP contribution >= 0.6 is 0 Å². The van der Waals surface area contributed by atoms with Crippen LogP contribution in [-0.2, 0) is 6.42 Å².